The third-order valence-electron chi connectivity index (χ3n) is 4.05. The predicted molar refractivity (Wildman–Crippen MR) is 89.7 cm³/mol. The summed E-state index contributed by atoms with van der Waals surface area (Å²) in [6.07, 6.45) is 23.0. The first kappa shape index (κ1) is 18.7. The van der Waals surface area contributed by atoms with Crippen molar-refractivity contribution in [3.63, 3.8) is 0 Å². The molecule has 19 heavy (non-hydrogen) atoms. The van der Waals surface area contributed by atoms with Gasteiger partial charge in [-0.2, -0.15) is 0 Å². The van der Waals surface area contributed by atoms with Gasteiger partial charge in [0.1, 0.15) is 0 Å². The quantitative estimate of drug-likeness (QED) is 0.229. The Labute approximate surface area is 123 Å². The second-order valence-corrected chi connectivity index (χ2v) is 6.02. The average Bonchev–Trinajstić information content (AvgIpc) is 2.42. The molecule has 0 bridgehead atoms. The smallest absolute Gasteiger partial charge is 0.0351 e. The molecule has 0 aromatic carbocycles. The first-order valence-electron chi connectivity index (χ1n) is 9.00. The van der Waals surface area contributed by atoms with Gasteiger partial charge < -0.3 is 0 Å². The molecule has 1 atom stereocenters. The monoisotopic (exact) mass is 266 g/mol. The van der Waals surface area contributed by atoms with Crippen molar-refractivity contribution >= 4 is 0 Å². The van der Waals surface area contributed by atoms with Crippen molar-refractivity contribution in [2.75, 3.05) is 0 Å². The van der Waals surface area contributed by atoms with Gasteiger partial charge in [0.2, 0.25) is 0 Å². The van der Waals surface area contributed by atoms with E-state index >= 15 is 0 Å². The second-order valence-electron chi connectivity index (χ2n) is 6.02. The molecule has 0 aromatic rings. The van der Waals surface area contributed by atoms with Crippen LogP contribution in [-0.4, -0.2) is 0 Å². The highest BCUT2D eigenvalue weighted by atomic mass is 14.1. The van der Waals surface area contributed by atoms with Gasteiger partial charge in [-0.1, -0.05) is 97.1 Å². The summed E-state index contributed by atoms with van der Waals surface area (Å²) in [7, 11) is 0. The maximum absolute atomic E-state index is 2.35. The van der Waals surface area contributed by atoms with E-state index in [1.165, 1.54) is 83.5 Å². The lowest BCUT2D eigenvalue weighted by Crippen LogP contribution is -2.00. The molecule has 114 valence electrons. The van der Waals surface area contributed by atoms with E-state index in [9.17, 15) is 0 Å². The van der Waals surface area contributed by atoms with Crippen molar-refractivity contribution in [3.05, 3.63) is 12.2 Å². The normalized spacial score (nSPS) is 13.2. The highest BCUT2D eigenvalue weighted by Gasteiger charge is 2.06. The molecule has 0 saturated carbocycles. The number of hydrogen-bond acceptors (Lipinski definition) is 0. The minimum absolute atomic E-state index is 1.02. The fraction of sp³-hybridized carbons (Fsp3) is 0.895. The summed E-state index contributed by atoms with van der Waals surface area (Å²) in [6, 6.07) is 0. The average molecular weight is 267 g/mol. The summed E-state index contributed by atoms with van der Waals surface area (Å²) >= 11 is 0. The van der Waals surface area contributed by atoms with E-state index in [2.05, 4.69) is 32.9 Å². The molecular weight excluding hydrogens is 228 g/mol. The zero-order valence-electron chi connectivity index (χ0n) is 13.9. The summed E-state index contributed by atoms with van der Waals surface area (Å²) < 4.78 is 0. The summed E-state index contributed by atoms with van der Waals surface area (Å²) in [5.41, 5.74) is 0. The third-order valence-corrected chi connectivity index (χ3v) is 4.05. The molecule has 0 aromatic heterocycles. The van der Waals surface area contributed by atoms with Crippen molar-refractivity contribution in [1.82, 2.24) is 0 Å². The molecule has 0 heterocycles. The second kappa shape index (κ2) is 15.8. The highest BCUT2D eigenvalue weighted by Crippen LogP contribution is 2.22. The van der Waals surface area contributed by atoms with Gasteiger partial charge in [0.15, 0.2) is 0 Å². The number of allylic oxidation sites excluding steroid dienone is 2. The van der Waals surface area contributed by atoms with Crippen LogP contribution in [0.3, 0.4) is 0 Å². The molecule has 0 saturated heterocycles. The molecule has 0 radical (unpaired) electrons. The molecule has 0 fully saturated rings. The van der Waals surface area contributed by atoms with Crippen LogP contribution in [0.5, 0.6) is 0 Å². The number of unbranched alkanes of at least 4 members (excludes halogenated alkanes) is 6. The lowest BCUT2D eigenvalue weighted by Gasteiger charge is -2.15. The van der Waals surface area contributed by atoms with Gasteiger partial charge in [-0.05, 0) is 25.2 Å². The largest absolute Gasteiger partial charge is 0.0888 e. The molecule has 0 amide bonds. The van der Waals surface area contributed by atoms with E-state index in [1.54, 1.807) is 0 Å². The Bertz CT molecular complexity index is 180. The van der Waals surface area contributed by atoms with Crippen LogP contribution in [-0.2, 0) is 0 Å². The zero-order valence-corrected chi connectivity index (χ0v) is 13.9. The SMILES string of the molecule is CCC=CCCCCCCC(CCC)CCCCC. The fourth-order valence-corrected chi connectivity index (χ4v) is 2.86. The van der Waals surface area contributed by atoms with Crippen molar-refractivity contribution in [2.45, 2.75) is 104 Å². The van der Waals surface area contributed by atoms with E-state index in [-0.39, 0.29) is 0 Å². The maximum atomic E-state index is 2.35. The van der Waals surface area contributed by atoms with E-state index < -0.39 is 0 Å². The molecule has 0 N–H and O–H groups in total. The zero-order chi connectivity index (χ0) is 14.2. The molecule has 0 rings (SSSR count). The van der Waals surface area contributed by atoms with E-state index in [4.69, 9.17) is 0 Å². The van der Waals surface area contributed by atoms with Gasteiger partial charge >= 0.3 is 0 Å². The Kier molecular flexibility index (Phi) is 15.6. The van der Waals surface area contributed by atoms with Crippen LogP contribution in [0.4, 0.5) is 0 Å². The minimum atomic E-state index is 1.02. The van der Waals surface area contributed by atoms with Crippen molar-refractivity contribution in [1.29, 1.82) is 0 Å². The molecule has 0 aliphatic heterocycles. The van der Waals surface area contributed by atoms with Crippen LogP contribution in [0.15, 0.2) is 12.2 Å². The standard InChI is InChI=1S/C19H38/c1-4-7-9-10-11-12-13-15-18-19(16-6-3)17-14-8-5-2/h7,9,19H,4-6,8,10-18H2,1-3H3. The predicted octanol–water partition coefficient (Wildman–Crippen LogP) is 7.29. The van der Waals surface area contributed by atoms with Gasteiger partial charge in [0, 0.05) is 0 Å². The van der Waals surface area contributed by atoms with Crippen LogP contribution in [0.2, 0.25) is 0 Å². The summed E-state index contributed by atoms with van der Waals surface area (Å²) in [5.74, 6) is 1.02. The maximum Gasteiger partial charge on any atom is -0.0351 e. The Morgan fingerprint density at radius 3 is 1.95 bits per heavy atom. The molecule has 0 spiro atoms. The van der Waals surface area contributed by atoms with Gasteiger partial charge in [-0.3, -0.25) is 0 Å². The first-order chi connectivity index (χ1) is 9.35. The summed E-state index contributed by atoms with van der Waals surface area (Å²) in [5, 5.41) is 0. The van der Waals surface area contributed by atoms with Crippen LogP contribution in [0, 0.1) is 5.92 Å². The van der Waals surface area contributed by atoms with E-state index in [1.807, 2.05) is 0 Å². The highest BCUT2D eigenvalue weighted by molar-refractivity contribution is 4.79. The number of rotatable bonds is 14. The lowest BCUT2D eigenvalue weighted by molar-refractivity contribution is 0.381. The topological polar surface area (TPSA) is 0 Å². The minimum Gasteiger partial charge on any atom is -0.0888 e. The van der Waals surface area contributed by atoms with Crippen molar-refractivity contribution < 1.29 is 0 Å². The van der Waals surface area contributed by atoms with E-state index in [0.29, 0.717) is 0 Å². The van der Waals surface area contributed by atoms with Crippen molar-refractivity contribution in [3.8, 4) is 0 Å². The lowest BCUT2D eigenvalue weighted by atomic mass is 9.91. The Balaban J connectivity index is 3.44. The van der Waals surface area contributed by atoms with Crippen LogP contribution < -0.4 is 0 Å². The Morgan fingerprint density at radius 2 is 1.32 bits per heavy atom. The van der Waals surface area contributed by atoms with Gasteiger partial charge in [-0.25, -0.2) is 0 Å². The van der Waals surface area contributed by atoms with Crippen LogP contribution >= 0.6 is 0 Å². The number of hydrogen-bond donors (Lipinski definition) is 0. The summed E-state index contributed by atoms with van der Waals surface area (Å²) in [4.78, 5) is 0. The summed E-state index contributed by atoms with van der Waals surface area (Å²) in [6.45, 7) is 6.86. The molecule has 0 aliphatic carbocycles. The third kappa shape index (κ3) is 14.0. The van der Waals surface area contributed by atoms with Gasteiger partial charge in [0.25, 0.3) is 0 Å². The molecule has 1 unspecified atom stereocenters. The van der Waals surface area contributed by atoms with Gasteiger partial charge in [0.05, 0.1) is 0 Å². The van der Waals surface area contributed by atoms with Crippen molar-refractivity contribution in [2.24, 2.45) is 5.92 Å². The molecule has 0 nitrogen and oxygen atoms in total. The Morgan fingerprint density at radius 1 is 0.632 bits per heavy atom. The van der Waals surface area contributed by atoms with Crippen LogP contribution in [0.1, 0.15) is 104 Å². The first-order valence-corrected chi connectivity index (χ1v) is 9.00. The molecule has 0 aliphatic rings. The van der Waals surface area contributed by atoms with E-state index in [0.717, 1.165) is 5.92 Å². The molecule has 0 heteroatoms. The van der Waals surface area contributed by atoms with Gasteiger partial charge in [-0.15, -0.1) is 0 Å². The Hall–Kier alpha value is -0.260. The molecular formula is C19H38. The fourth-order valence-electron chi connectivity index (χ4n) is 2.86. The van der Waals surface area contributed by atoms with Crippen LogP contribution in [0.25, 0.3) is 0 Å².